The Balaban J connectivity index is 1.79. The third-order valence-electron chi connectivity index (χ3n) is 3.65. The van der Waals surface area contributed by atoms with Crippen LogP contribution in [0, 0.1) is 0 Å². The van der Waals surface area contributed by atoms with Crippen LogP contribution in [0.5, 0.6) is 0 Å². The van der Waals surface area contributed by atoms with Crippen molar-refractivity contribution in [3.8, 4) is 0 Å². The second-order valence-corrected chi connectivity index (χ2v) is 5.64. The normalized spacial score (nSPS) is 17.2. The molecule has 1 aliphatic heterocycles. The van der Waals surface area contributed by atoms with E-state index in [1.807, 2.05) is 5.51 Å². The highest BCUT2D eigenvalue weighted by atomic mass is 32.1. The number of rotatable bonds is 3. The summed E-state index contributed by atoms with van der Waals surface area (Å²) in [4.78, 5) is 8.92. The Labute approximate surface area is 116 Å². The van der Waals surface area contributed by atoms with Crippen LogP contribution in [0.15, 0.2) is 17.6 Å². The summed E-state index contributed by atoms with van der Waals surface area (Å²) in [6.07, 6.45) is 0. The molecule has 0 saturated carbocycles. The summed E-state index contributed by atoms with van der Waals surface area (Å²) < 4.78 is 1.14. The fourth-order valence-electron chi connectivity index (χ4n) is 2.57. The van der Waals surface area contributed by atoms with Crippen LogP contribution in [0.1, 0.15) is 0 Å². The Morgan fingerprint density at radius 3 is 2.79 bits per heavy atom. The Kier molecular flexibility index (Phi) is 3.54. The average molecular weight is 278 g/mol. The van der Waals surface area contributed by atoms with Gasteiger partial charge in [-0.15, -0.1) is 11.3 Å². The summed E-state index contributed by atoms with van der Waals surface area (Å²) in [7, 11) is 0. The van der Waals surface area contributed by atoms with Crippen molar-refractivity contribution in [1.29, 1.82) is 0 Å². The maximum absolute atomic E-state index is 8.96. The first-order chi connectivity index (χ1) is 9.29. The molecule has 0 amide bonds. The molecule has 0 bridgehead atoms. The molecule has 0 aliphatic carbocycles. The number of hydrogen-bond acceptors (Lipinski definition) is 6. The Bertz CT molecular complexity index is 563. The van der Waals surface area contributed by atoms with Crippen molar-refractivity contribution in [2.24, 2.45) is 0 Å². The minimum atomic E-state index is 0.229. The van der Waals surface area contributed by atoms with Gasteiger partial charge in [0.25, 0.3) is 0 Å². The van der Waals surface area contributed by atoms with E-state index in [0.717, 1.165) is 54.3 Å². The Hall–Kier alpha value is -1.37. The molecule has 3 N–H and O–H groups in total. The van der Waals surface area contributed by atoms with E-state index in [-0.39, 0.29) is 6.61 Å². The van der Waals surface area contributed by atoms with Crippen molar-refractivity contribution in [3.05, 3.63) is 17.6 Å². The molecule has 1 saturated heterocycles. The number of aliphatic hydroxyl groups is 1. The number of piperazine rings is 1. The Morgan fingerprint density at radius 2 is 2.05 bits per heavy atom. The molecule has 6 heteroatoms. The summed E-state index contributed by atoms with van der Waals surface area (Å²) >= 11 is 1.62. The molecule has 2 heterocycles. The maximum atomic E-state index is 8.96. The van der Waals surface area contributed by atoms with Crippen molar-refractivity contribution in [1.82, 2.24) is 9.88 Å². The standard InChI is InChI=1S/C13H18N4OS/c14-12-10(1-2-11-13(12)15-9-19-11)17-5-3-16(4-6-17)7-8-18/h1-2,9,18H,3-8,14H2. The van der Waals surface area contributed by atoms with Gasteiger partial charge in [0.2, 0.25) is 0 Å². The van der Waals surface area contributed by atoms with Crippen LogP contribution >= 0.6 is 11.3 Å². The van der Waals surface area contributed by atoms with Crippen molar-refractivity contribution < 1.29 is 5.11 Å². The molecule has 5 nitrogen and oxygen atoms in total. The fourth-order valence-corrected chi connectivity index (χ4v) is 3.26. The number of aliphatic hydroxyl groups excluding tert-OH is 1. The van der Waals surface area contributed by atoms with Gasteiger partial charge in [0.1, 0.15) is 5.52 Å². The van der Waals surface area contributed by atoms with Crippen LogP contribution < -0.4 is 10.6 Å². The number of nitrogen functional groups attached to an aromatic ring is 1. The molecule has 3 rings (SSSR count). The topological polar surface area (TPSA) is 65.6 Å². The van der Waals surface area contributed by atoms with Crippen LogP contribution in [-0.4, -0.2) is 54.3 Å². The number of hydrogen-bond donors (Lipinski definition) is 2. The number of β-amino-alcohol motifs (C(OH)–C–C–N with tert-alkyl or cyclic N) is 1. The van der Waals surface area contributed by atoms with E-state index in [4.69, 9.17) is 10.8 Å². The van der Waals surface area contributed by atoms with E-state index in [1.165, 1.54) is 0 Å². The van der Waals surface area contributed by atoms with Crippen molar-refractivity contribution >= 4 is 32.9 Å². The molecule has 0 spiro atoms. The zero-order valence-electron chi connectivity index (χ0n) is 10.7. The lowest BCUT2D eigenvalue weighted by atomic mass is 10.2. The highest BCUT2D eigenvalue weighted by molar-refractivity contribution is 7.16. The third kappa shape index (κ3) is 2.39. The first-order valence-corrected chi connectivity index (χ1v) is 7.37. The number of nitrogens with two attached hydrogens (primary N) is 1. The zero-order valence-corrected chi connectivity index (χ0v) is 11.6. The summed E-state index contributed by atoms with van der Waals surface area (Å²) in [5.41, 5.74) is 10.9. The van der Waals surface area contributed by atoms with Crippen LogP contribution in [-0.2, 0) is 0 Å². The van der Waals surface area contributed by atoms with Gasteiger partial charge in [-0.25, -0.2) is 4.98 Å². The smallest absolute Gasteiger partial charge is 0.106 e. The Morgan fingerprint density at radius 1 is 1.26 bits per heavy atom. The molecule has 0 atom stereocenters. The van der Waals surface area contributed by atoms with E-state index >= 15 is 0 Å². The summed E-state index contributed by atoms with van der Waals surface area (Å²) in [6.45, 7) is 4.81. The molecule has 1 aliphatic rings. The summed E-state index contributed by atoms with van der Waals surface area (Å²) in [5, 5.41) is 8.96. The highest BCUT2D eigenvalue weighted by Crippen LogP contribution is 2.32. The van der Waals surface area contributed by atoms with Crippen LogP contribution in [0.25, 0.3) is 10.2 Å². The lowest BCUT2D eigenvalue weighted by Gasteiger charge is -2.36. The minimum Gasteiger partial charge on any atom is -0.395 e. The number of thiazole rings is 1. The largest absolute Gasteiger partial charge is 0.395 e. The van der Waals surface area contributed by atoms with Crippen LogP contribution in [0.2, 0.25) is 0 Å². The first kappa shape index (κ1) is 12.7. The molecule has 0 radical (unpaired) electrons. The van der Waals surface area contributed by atoms with Gasteiger partial charge < -0.3 is 15.7 Å². The quantitative estimate of drug-likeness (QED) is 0.820. The minimum absolute atomic E-state index is 0.229. The molecule has 1 fully saturated rings. The van der Waals surface area contributed by atoms with E-state index in [9.17, 15) is 0 Å². The van der Waals surface area contributed by atoms with Crippen molar-refractivity contribution in [3.63, 3.8) is 0 Å². The van der Waals surface area contributed by atoms with E-state index < -0.39 is 0 Å². The van der Waals surface area contributed by atoms with Gasteiger partial charge >= 0.3 is 0 Å². The molecule has 102 valence electrons. The predicted octanol–water partition coefficient (Wildman–Crippen LogP) is 0.993. The van der Waals surface area contributed by atoms with Gasteiger partial charge in [-0.05, 0) is 12.1 Å². The number of benzene rings is 1. The maximum Gasteiger partial charge on any atom is 0.106 e. The molecule has 19 heavy (non-hydrogen) atoms. The van der Waals surface area contributed by atoms with E-state index in [2.05, 4.69) is 26.9 Å². The number of aromatic nitrogens is 1. The molecule has 1 aromatic carbocycles. The summed E-state index contributed by atoms with van der Waals surface area (Å²) in [6, 6.07) is 4.19. The molecular formula is C13H18N4OS. The SMILES string of the molecule is Nc1c(N2CCN(CCO)CC2)ccc2scnc12. The first-order valence-electron chi connectivity index (χ1n) is 6.49. The average Bonchev–Trinajstić information content (AvgIpc) is 2.90. The lowest BCUT2D eigenvalue weighted by Crippen LogP contribution is -2.47. The fraction of sp³-hybridized carbons (Fsp3) is 0.462. The van der Waals surface area contributed by atoms with Gasteiger partial charge in [-0.3, -0.25) is 4.90 Å². The highest BCUT2D eigenvalue weighted by Gasteiger charge is 2.19. The van der Waals surface area contributed by atoms with Crippen LogP contribution in [0.4, 0.5) is 11.4 Å². The lowest BCUT2D eigenvalue weighted by molar-refractivity contribution is 0.189. The number of fused-ring (bicyclic) bond motifs is 1. The van der Waals surface area contributed by atoms with Gasteiger partial charge in [0.15, 0.2) is 0 Å². The third-order valence-corrected chi connectivity index (χ3v) is 4.44. The molecule has 0 unspecified atom stereocenters. The van der Waals surface area contributed by atoms with Crippen molar-refractivity contribution in [2.75, 3.05) is 50.0 Å². The number of anilines is 2. The molecular weight excluding hydrogens is 260 g/mol. The summed E-state index contributed by atoms with van der Waals surface area (Å²) in [5.74, 6) is 0. The second kappa shape index (κ2) is 5.32. The van der Waals surface area contributed by atoms with Gasteiger partial charge in [-0.1, -0.05) is 0 Å². The van der Waals surface area contributed by atoms with Gasteiger partial charge in [0, 0.05) is 32.7 Å². The monoisotopic (exact) mass is 278 g/mol. The molecule has 2 aromatic rings. The van der Waals surface area contributed by atoms with E-state index in [1.54, 1.807) is 11.3 Å². The second-order valence-electron chi connectivity index (χ2n) is 4.75. The zero-order chi connectivity index (χ0) is 13.2. The van der Waals surface area contributed by atoms with E-state index in [0.29, 0.717) is 0 Å². The van der Waals surface area contributed by atoms with Crippen LogP contribution in [0.3, 0.4) is 0 Å². The van der Waals surface area contributed by atoms with Gasteiger partial charge in [-0.2, -0.15) is 0 Å². The van der Waals surface area contributed by atoms with Crippen molar-refractivity contribution in [2.45, 2.75) is 0 Å². The van der Waals surface area contributed by atoms with Gasteiger partial charge in [0.05, 0.1) is 28.2 Å². The predicted molar refractivity (Wildman–Crippen MR) is 79.8 cm³/mol. The number of nitrogens with zero attached hydrogens (tertiary/aromatic N) is 3. The molecule has 1 aromatic heterocycles.